The zero-order valence-electron chi connectivity index (χ0n) is 18.2. The van der Waals surface area contributed by atoms with Gasteiger partial charge in [0, 0.05) is 41.6 Å². The Balaban J connectivity index is 1.38. The molecule has 0 atom stereocenters. The lowest BCUT2D eigenvalue weighted by molar-refractivity contribution is -0.129. The molecule has 0 aliphatic heterocycles. The van der Waals surface area contributed by atoms with Gasteiger partial charge in [-0.1, -0.05) is 31.4 Å². The largest absolute Gasteiger partial charge is 0.345 e. The lowest BCUT2D eigenvalue weighted by Crippen LogP contribution is -2.39. The second-order valence-corrected chi connectivity index (χ2v) is 9.07. The van der Waals surface area contributed by atoms with Crippen LogP contribution in [0.5, 0.6) is 0 Å². The van der Waals surface area contributed by atoms with Gasteiger partial charge in [-0.2, -0.15) is 0 Å². The molecule has 1 saturated carbocycles. The summed E-state index contributed by atoms with van der Waals surface area (Å²) < 4.78 is 0. The molecule has 1 aliphatic rings. The number of aromatic nitrogens is 2. The molecule has 1 aromatic heterocycles. The van der Waals surface area contributed by atoms with Crippen molar-refractivity contribution in [1.29, 1.82) is 0 Å². The van der Waals surface area contributed by atoms with E-state index in [0.29, 0.717) is 23.0 Å². The third-order valence-corrected chi connectivity index (χ3v) is 6.97. The van der Waals surface area contributed by atoms with E-state index in [-0.39, 0.29) is 11.8 Å². The van der Waals surface area contributed by atoms with Crippen molar-refractivity contribution in [1.82, 2.24) is 14.9 Å². The van der Waals surface area contributed by atoms with E-state index in [2.05, 4.69) is 15.3 Å². The fourth-order valence-electron chi connectivity index (χ4n) is 4.03. The van der Waals surface area contributed by atoms with Crippen LogP contribution in [0.3, 0.4) is 0 Å². The number of hydrogen-bond acceptors (Lipinski definition) is 4. The third kappa shape index (κ3) is 5.40. The number of anilines is 1. The first-order chi connectivity index (χ1) is 15.6. The number of H-pyrrole nitrogens is 1. The van der Waals surface area contributed by atoms with E-state index in [4.69, 9.17) is 0 Å². The average Bonchev–Trinajstić information content (AvgIpc) is 3.38. The molecule has 3 aromatic rings. The van der Waals surface area contributed by atoms with Gasteiger partial charge in [0.05, 0.1) is 11.3 Å². The number of imidazole rings is 1. The minimum absolute atomic E-state index is 0.116. The lowest BCUT2D eigenvalue weighted by atomic mass is 9.94. The molecule has 2 amide bonds. The molecule has 2 aromatic carbocycles. The van der Waals surface area contributed by atoms with E-state index in [1.807, 2.05) is 54.4 Å². The Morgan fingerprint density at radius 3 is 2.56 bits per heavy atom. The maximum absolute atomic E-state index is 12.9. The summed E-state index contributed by atoms with van der Waals surface area (Å²) in [6.07, 6.45) is 9.31. The van der Waals surface area contributed by atoms with Crippen LogP contribution in [0.2, 0.25) is 0 Å². The minimum Gasteiger partial charge on any atom is -0.345 e. The van der Waals surface area contributed by atoms with Crippen molar-refractivity contribution in [2.75, 3.05) is 18.1 Å². The monoisotopic (exact) mass is 448 g/mol. The Hall–Kier alpha value is -3.06. The average molecular weight is 449 g/mol. The Kier molecular flexibility index (Phi) is 7.27. The summed E-state index contributed by atoms with van der Waals surface area (Å²) in [7, 11) is 1.91. The predicted octanol–water partition coefficient (Wildman–Crippen LogP) is 5.21. The van der Waals surface area contributed by atoms with Crippen LogP contribution in [0.25, 0.3) is 11.4 Å². The molecular weight excluding hydrogens is 420 g/mol. The summed E-state index contributed by atoms with van der Waals surface area (Å²) >= 11 is 1.42. The standard InChI is InChI=1S/C25H28N4O2S/c1-29(20-7-3-2-4-8-20)23(30)17-32-22-10-6-5-9-21(22)25(31)28-19-13-11-18(12-14-19)24-26-15-16-27-24/h5-6,9-16,20H,2-4,7-8,17H2,1H3,(H,26,27)(H,28,31). The second kappa shape index (κ2) is 10.5. The number of nitrogens with zero attached hydrogens (tertiary/aromatic N) is 2. The molecular formula is C25H28N4O2S. The van der Waals surface area contributed by atoms with Crippen LogP contribution in [0, 0.1) is 0 Å². The maximum Gasteiger partial charge on any atom is 0.256 e. The van der Waals surface area contributed by atoms with Gasteiger partial charge in [0.15, 0.2) is 0 Å². The number of nitrogens with one attached hydrogen (secondary N) is 2. The highest BCUT2D eigenvalue weighted by atomic mass is 32.2. The molecule has 0 unspecified atom stereocenters. The number of carbonyl (C=O) groups excluding carboxylic acids is 2. The van der Waals surface area contributed by atoms with Crippen LogP contribution in [-0.4, -0.2) is 45.5 Å². The van der Waals surface area contributed by atoms with E-state index >= 15 is 0 Å². The Morgan fingerprint density at radius 2 is 1.84 bits per heavy atom. The van der Waals surface area contributed by atoms with Crippen LogP contribution < -0.4 is 5.32 Å². The number of aromatic amines is 1. The highest BCUT2D eigenvalue weighted by Gasteiger charge is 2.22. The van der Waals surface area contributed by atoms with Crippen LogP contribution in [-0.2, 0) is 4.79 Å². The van der Waals surface area contributed by atoms with Gasteiger partial charge in [0.25, 0.3) is 5.91 Å². The van der Waals surface area contributed by atoms with Crippen molar-refractivity contribution in [3.05, 3.63) is 66.5 Å². The van der Waals surface area contributed by atoms with Crippen molar-refractivity contribution >= 4 is 29.3 Å². The first-order valence-electron chi connectivity index (χ1n) is 11.0. The second-order valence-electron chi connectivity index (χ2n) is 8.05. The molecule has 0 bridgehead atoms. The van der Waals surface area contributed by atoms with Crippen molar-refractivity contribution in [2.45, 2.75) is 43.0 Å². The van der Waals surface area contributed by atoms with E-state index in [1.54, 1.807) is 18.5 Å². The fraction of sp³-hybridized carbons (Fsp3) is 0.320. The van der Waals surface area contributed by atoms with Crippen LogP contribution in [0.1, 0.15) is 42.5 Å². The van der Waals surface area contributed by atoms with Gasteiger partial charge in [0.1, 0.15) is 5.82 Å². The first-order valence-corrected chi connectivity index (χ1v) is 12.0. The van der Waals surface area contributed by atoms with E-state index < -0.39 is 0 Å². The normalized spacial score (nSPS) is 14.2. The molecule has 0 spiro atoms. The Labute approximate surface area is 192 Å². The molecule has 6 nitrogen and oxygen atoms in total. The zero-order chi connectivity index (χ0) is 22.3. The van der Waals surface area contributed by atoms with E-state index in [0.717, 1.165) is 29.1 Å². The van der Waals surface area contributed by atoms with Crippen molar-refractivity contribution < 1.29 is 9.59 Å². The van der Waals surface area contributed by atoms with Crippen LogP contribution >= 0.6 is 11.8 Å². The summed E-state index contributed by atoms with van der Waals surface area (Å²) in [5, 5.41) is 2.95. The molecule has 1 aliphatic carbocycles. The smallest absolute Gasteiger partial charge is 0.256 e. The van der Waals surface area contributed by atoms with Gasteiger partial charge in [-0.05, 0) is 49.2 Å². The van der Waals surface area contributed by atoms with Crippen molar-refractivity contribution in [2.24, 2.45) is 0 Å². The van der Waals surface area contributed by atoms with E-state index in [1.165, 1.54) is 31.0 Å². The van der Waals surface area contributed by atoms with Gasteiger partial charge in [-0.15, -0.1) is 11.8 Å². The quantitative estimate of drug-likeness (QED) is 0.486. The van der Waals surface area contributed by atoms with Crippen molar-refractivity contribution in [3.8, 4) is 11.4 Å². The summed E-state index contributed by atoms with van der Waals surface area (Å²) in [4.78, 5) is 35.7. The molecule has 4 rings (SSSR count). The lowest BCUT2D eigenvalue weighted by Gasteiger charge is -2.31. The third-order valence-electron chi connectivity index (χ3n) is 5.91. The van der Waals surface area contributed by atoms with Gasteiger partial charge >= 0.3 is 0 Å². The molecule has 1 fully saturated rings. The van der Waals surface area contributed by atoms with Gasteiger partial charge < -0.3 is 15.2 Å². The molecule has 7 heteroatoms. The maximum atomic E-state index is 12.9. The zero-order valence-corrected chi connectivity index (χ0v) is 19.0. The summed E-state index contributed by atoms with van der Waals surface area (Å²) in [5.41, 5.74) is 2.23. The summed E-state index contributed by atoms with van der Waals surface area (Å²) in [6.45, 7) is 0. The number of hydrogen-bond donors (Lipinski definition) is 2. The molecule has 0 radical (unpaired) electrons. The number of amides is 2. The topological polar surface area (TPSA) is 78.1 Å². The van der Waals surface area contributed by atoms with Crippen LogP contribution in [0.15, 0.2) is 65.8 Å². The minimum atomic E-state index is -0.188. The molecule has 0 saturated heterocycles. The first kappa shape index (κ1) is 22.1. The number of benzene rings is 2. The molecule has 166 valence electrons. The summed E-state index contributed by atoms with van der Waals surface area (Å²) in [5.74, 6) is 1.04. The fourth-order valence-corrected chi connectivity index (χ4v) is 5.00. The molecule has 2 N–H and O–H groups in total. The predicted molar refractivity (Wildman–Crippen MR) is 129 cm³/mol. The van der Waals surface area contributed by atoms with Crippen LogP contribution in [0.4, 0.5) is 5.69 Å². The Bertz CT molecular complexity index is 1040. The van der Waals surface area contributed by atoms with E-state index in [9.17, 15) is 9.59 Å². The number of thioether (sulfide) groups is 1. The molecule has 1 heterocycles. The highest BCUT2D eigenvalue weighted by Crippen LogP contribution is 2.26. The van der Waals surface area contributed by atoms with Gasteiger partial charge in [-0.25, -0.2) is 4.98 Å². The molecule has 32 heavy (non-hydrogen) atoms. The van der Waals surface area contributed by atoms with Gasteiger partial charge in [-0.3, -0.25) is 9.59 Å². The van der Waals surface area contributed by atoms with Crippen molar-refractivity contribution in [3.63, 3.8) is 0 Å². The number of rotatable bonds is 7. The number of carbonyl (C=O) groups is 2. The summed E-state index contributed by atoms with van der Waals surface area (Å²) in [6, 6.07) is 15.3. The Morgan fingerprint density at radius 1 is 1.09 bits per heavy atom. The SMILES string of the molecule is CN(C(=O)CSc1ccccc1C(=O)Nc1ccc(-c2ncc[nH]2)cc1)C1CCCCC1. The highest BCUT2D eigenvalue weighted by molar-refractivity contribution is 8.00. The van der Waals surface area contributed by atoms with Gasteiger partial charge in [0.2, 0.25) is 5.91 Å².